The monoisotopic (exact) mass is 240 g/mol. The molecule has 1 aromatic heterocycles. The van der Waals surface area contributed by atoms with Crippen LogP contribution in [0.3, 0.4) is 0 Å². The van der Waals surface area contributed by atoms with Gasteiger partial charge in [-0.25, -0.2) is 4.79 Å². The van der Waals surface area contributed by atoms with E-state index in [4.69, 9.17) is 5.11 Å². The number of aliphatic carboxylic acids is 1. The minimum Gasteiger partial charge on any atom is -0.480 e. The molecule has 1 aliphatic carbocycles. The molecule has 1 fully saturated rings. The lowest BCUT2D eigenvalue weighted by atomic mass is 9.96. The van der Waals surface area contributed by atoms with Crippen LogP contribution in [0.25, 0.3) is 0 Å². The van der Waals surface area contributed by atoms with E-state index in [1.54, 1.807) is 12.4 Å². The van der Waals surface area contributed by atoms with E-state index in [2.05, 4.69) is 10.3 Å². The van der Waals surface area contributed by atoms with Crippen molar-refractivity contribution < 1.29 is 14.7 Å². The predicted octanol–water partition coefficient (Wildman–Crippen LogP) is 1.13. The molecule has 0 spiro atoms. The molecule has 0 saturated heterocycles. The van der Waals surface area contributed by atoms with Gasteiger partial charge in [-0.1, -0.05) is 0 Å². The summed E-state index contributed by atoms with van der Waals surface area (Å²) >= 11 is 1.20. The highest BCUT2D eigenvalue weighted by Gasteiger charge is 2.48. The van der Waals surface area contributed by atoms with Gasteiger partial charge in [-0.15, -0.1) is 11.3 Å². The molecule has 0 bridgehead atoms. The number of nitrogens with one attached hydrogen (secondary N) is 1. The van der Waals surface area contributed by atoms with E-state index in [0.717, 1.165) is 12.8 Å². The van der Waals surface area contributed by atoms with Crippen molar-refractivity contribution in [2.45, 2.75) is 25.3 Å². The Morgan fingerprint density at radius 1 is 1.62 bits per heavy atom. The lowest BCUT2D eigenvalue weighted by Crippen LogP contribution is -2.53. The second kappa shape index (κ2) is 3.86. The Morgan fingerprint density at radius 3 is 2.75 bits per heavy atom. The molecule has 1 saturated carbocycles. The number of carboxylic acids is 1. The Hall–Kier alpha value is -1.43. The highest BCUT2D eigenvalue weighted by molar-refractivity contribution is 7.11. The zero-order chi connectivity index (χ0) is 11.8. The van der Waals surface area contributed by atoms with E-state index in [9.17, 15) is 9.59 Å². The van der Waals surface area contributed by atoms with Crippen LogP contribution in [0.4, 0.5) is 0 Å². The Kier molecular flexibility index (Phi) is 2.67. The van der Waals surface area contributed by atoms with Gasteiger partial charge >= 0.3 is 5.97 Å². The summed E-state index contributed by atoms with van der Waals surface area (Å²) in [6.45, 7) is 1.56. The van der Waals surface area contributed by atoms with Crippen molar-refractivity contribution in [1.82, 2.24) is 10.3 Å². The summed E-state index contributed by atoms with van der Waals surface area (Å²) in [5.74, 6) is -1.30. The Bertz CT molecular complexity index is 414. The van der Waals surface area contributed by atoms with Crippen LogP contribution in [0.5, 0.6) is 0 Å². The van der Waals surface area contributed by atoms with E-state index in [-0.39, 0.29) is 11.8 Å². The number of carbonyl (C=O) groups is 2. The third kappa shape index (κ3) is 1.92. The first-order valence-corrected chi connectivity index (χ1v) is 5.86. The third-order valence-electron chi connectivity index (χ3n) is 2.87. The maximum Gasteiger partial charge on any atom is 0.329 e. The zero-order valence-electron chi connectivity index (χ0n) is 8.77. The van der Waals surface area contributed by atoms with Gasteiger partial charge in [0.05, 0.1) is 11.7 Å². The number of hydrogen-bond acceptors (Lipinski definition) is 4. The number of carbonyl (C=O) groups excluding carboxylic acids is 1. The first kappa shape index (κ1) is 11.1. The number of carboxylic acid groups (broad SMARTS) is 1. The first-order chi connectivity index (χ1) is 7.54. The minimum absolute atomic E-state index is 0.0434. The third-order valence-corrected chi connectivity index (χ3v) is 3.64. The smallest absolute Gasteiger partial charge is 0.329 e. The van der Waals surface area contributed by atoms with Gasteiger partial charge < -0.3 is 10.4 Å². The van der Waals surface area contributed by atoms with E-state index in [1.807, 2.05) is 0 Å². The molecule has 86 valence electrons. The van der Waals surface area contributed by atoms with Crippen LogP contribution in [0.2, 0.25) is 0 Å². The normalized spacial score (nSPS) is 18.8. The van der Waals surface area contributed by atoms with Gasteiger partial charge in [-0.2, -0.15) is 0 Å². The molecule has 6 heteroatoms. The molecule has 0 radical (unpaired) electrons. The molecule has 1 aromatic rings. The van der Waals surface area contributed by atoms with Crippen LogP contribution < -0.4 is 5.32 Å². The van der Waals surface area contributed by atoms with Crippen molar-refractivity contribution in [3.63, 3.8) is 0 Å². The summed E-state index contributed by atoms with van der Waals surface area (Å²) in [5, 5.41) is 11.8. The number of nitrogens with zero attached hydrogens (tertiary/aromatic N) is 1. The summed E-state index contributed by atoms with van der Waals surface area (Å²) in [5.41, 5.74) is 0.394. The van der Waals surface area contributed by atoms with Crippen LogP contribution in [0, 0.1) is 5.92 Å². The molecule has 5 nitrogen and oxygen atoms in total. The molecular formula is C10H12N2O3S. The number of aromatic nitrogens is 1. The molecule has 0 aliphatic heterocycles. The highest BCUT2D eigenvalue weighted by atomic mass is 32.1. The van der Waals surface area contributed by atoms with Crippen molar-refractivity contribution in [3.8, 4) is 0 Å². The Morgan fingerprint density at radius 2 is 2.31 bits per heavy atom. The van der Waals surface area contributed by atoms with Gasteiger partial charge in [0.1, 0.15) is 10.4 Å². The summed E-state index contributed by atoms with van der Waals surface area (Å²) in [6, 6.07) is 0. The lowest BCUT2D eigenvalue weighted by Gasteiger charge is -2.25. The molecule has 16 heavy (non-hydrogen) atoms. The maximum absolute atomic E-state index is 11.8. The second-order valence-corrected chi connectivity index (χ2v) is 4.99. The molecule has 1 heterocycles. The van der Waals surface area contributed by atoms with Crippen LogP contribution in [0.1, 0.15) is 29.4 Å². The topological polar surface area (TPSA) is 79.3 Å². The van der Waals surface area contributed by atoms with Gasteiger partial charge in [0, 0.05) is 0 Å². The van der Waals surface area contributed by atoms with Crippen molar-refractivity contribution in [2.75, 3.05) is 0 Å². The van der Waals surface area contributed by atoms with E-state index < -0.39 is 11.5 Å². The van der Waals surface area contributed by atoms with E-state index in [0.29, 0.717) is 4.88 Å². The van der Waals surface area contributed by atoms with Crippen molar-refractivity contribution in [2.24, 2.45) is 5.92 Å². The quantitative estimate of drug-likeness (QED) is 0.826. The number of hydrogen-bond donors (Lipinski definition) is 2. The van der Waals surface area contributed by atoms with E-state index in [1.165, 1.54) is 17.5 Å². The van der Waals surface area contributed by atoms with Crippen LogP contribution >= 0.6 is 11.3 Å². The maximum atomic E-state index is 11.8. The summed E-state index contributed by atoms with van der Waals surface area (Å²) in [7, 11) is 0. The van der Waals surface area contributed by atoms with Crippen LogP contribution in [-0.2, 0) is 4.79 Å². The number of thiazole rings is 1. The molecular weight excluding hydrogens is 228 g/mol. The van der Waals surface area contributed by atoms with Gasteiger partial charge in [0.2, 0.25) is 0 Å². The summed E-state index contributed by atoms with van der Waals surface area (Å²) in [4.78, 5) is 27.2. The molecule has 1 atom stereocenters. The average molecular weight is 240 g/mol. The van der Waals surface area contributed by atoms with Gasteiger partial charge in [0.25, 0.3) is 5.91 Å². The zero-order valence-corrected chi connectivity index (χ0v) is 9.58. The van der Waals surface area contributed by atoms with Crippen LogP contribution in [0.15, 0.2) is 11.7 Å². The fourth-order valence-corrected chi connectivity index (χ4v) is 2.13. The van der Waals surface area contributed by atoms with Gasteiger partial charge in [-0.3, -0.25) is 9.78 Å². The molecule has 2 N–H and O–H groups in total. The standard InChI is InChI=1S/C10H12N2O3S/c1-10(9(14)15,6-2-3-6)12-8(13)7-4-11-5-16-7/h4-6H,2-3H2,1H3,(H,12,13)(H,14,15). The number of amides is 1. The summed E-state index contributed by atoms with van der Waals surface area (Å²) in [6.07, 6.45) is 3.15. The molecule has 1 amide bonds. The molecule has 1 aliphatic rings. The summed E-state index contributed by atoms with van der Waals surface area (Å²) < 4.78 is 0. The van der Waals surface area contributed by atoms with Crippen molar-refractivity contribution in [1.29, 1.82) is 0 Å². The van der Waals surface area contributed by atoms with Crippen molar-refractivity contribution >= 4 is 23.2 Å². The molecule has 1 unspecified atom stereocenters. The minimum atomic E-state index is -1.15. The SMILES string of the molecule is CC(NC(=O)c1cncs1)(C(=O)O)C1CC1. The van der Waals surface area contributed by atoms with Gasteiger partial charge in [-0.05, 0) is 25.7 Å². The van der Waals surface area contributed by atoms with E-state index >= 15 is 0 Å². The fraction of sp³-hybridized carbons (Fsp3) is 0.500. The molecule has 0 aromatic carbocycles. The average Bonchev–Trinajstić information content (AvgIpc) is 2.94. The second-order valence-electron chi connectivity index (χ2n) is 4.10. The Labute approximate surface area is 96.5 Å². The van der Waals surface area contributed by atoms with Gasteiger partial charge in [0.15, 0.2) is 0 Å². The molecule has 2 rings (SSSR count). The van der Waals surface area contributed by atoms with Crippen molar-refractivity contribution in [3.05, 3.63) is 16.6 Å². The lowest BCUT2D eigenvalue weighted by molar-refractivity contribution is -0.144. The first-order valence-electron chi connectivity index (χ1n) is 4.98. The Balaban J connectivity index is 2.12. The fourth-order valence-electron chi connectivity index (χ4n) is 1.62. The largest absolute Gasteiger partial charge is 0.480 e. The predicted molar refractivity (Wildman–Crippen MR) is 58.3 cm³/mol. The highest BCUT2D eigenvalue weighted by Crippen LogP contribution is 2.39. The number of rotatable bonds is 4. The van der Waals surface area contributed by atoms with Crippen LogP contribution in [-0.4, -0.2) is 27.5 Å².